The van der Waals surface area contributed by atoms with Crippen molar-refractivity contribution in [2.75, 3.05) is 20.7 Å². The van der Waals surface area contributed by atoms with Crippen molar-refractivity contribution in [3.8, 4) is 0 Å². The summed E-state index contributed by atoms with van der Waals surface area (Å²) in [6, 6.07) is -2.30. The first kappa shape index (κ1) is 16.7. The summed E-state index contributed by atoms with van der Waals surface area (Å²) in [4.78, 5) is 44.6. The first-order valence-electron chi connectivity index (χ1n) is 5.31. The van der Waals surface area contributed by atoms with Gasteiger partial charge in [-0.1, -0.05) is 0 Å². The number of rotatable bonds is 7. The van der Waals surface area contributed by atoms with Crippen LogP contribution in [0.4, 0.5) is 4.79 Å². The highest BCUT2D eigenvalue weighted by atomic mass is 16.5. The highest BCUT2D eigenvalue weighted by molar-refractivity contribution is 5.86. The molecule has 0 aromatic carbocycles. The van der Waals surface area contributed by atoms with Crippen molar-refractivity contribution in [2.24, 2.45) is 0 Å². The number of methoxy groups -OCH3 is 1. The second-order valence-corrected chi connectivity index (χ2v) is 3.69. The van der Waals surface area contributed by atoms with Gasteiger partial charge in [-0.3, -0.25) is 9.59 Å². The van der Waals surface area contributed by atoms with E-state index in [1.807, 2.05) is 5.32 Å². The van der Waals surface area contributed by atoms with Crippen LogP contribution in [0.15, 0.2) is 0 Å². The first-order chi connectivity index (χ1) is 8.77. The number of esters is 1. The van der Waals surface area contributed by atoms with E-state index in [9.17, 15) is 19.2 Å². The molecule has 0 radical (unpaired) electrons. The minimum atomic E-state index is -1.52. The zero-order valence-corrected chi connectivity index (χ0v) is 10.6. The fraction of sp³-hybridized carbons (Fsp3) is 0.600. The minimum absolute atomic E-state index is 0.0257. The Kier molecular flexibility index (Phi) is 6.94. The van der Waals surface area contributed by atoms with Crippen molar-refractivity contribution in [3.63, 3.8) is 0 Å². The normalized spacial score (nSPS) is 11.3. The van der Waals surface area contributed by atoms with Gasteiger partial charge < -0.3 is 25.2 Å². The molecule has 108 valence electrons. The summed E-state index contributed by atoms with van der Waals surface area (Å²) in [6.45, 7) is 0.0257. The van der Waals surface area contributed by atoms with Gasteiger partial charge in [0.1, 0.15) is 6.04 Å². The van der Waals surface area contributed by atoms with Crippen LogP contribution in [-0.2, 0) is 19.1 Å². The Morgan fingerprint density at radius 1 is 1.26 bits per heavy atom. The van der Waals surface area contributed by atoms with Gasteiger partial charge in [-0.15, -0.1) is 0 Å². The molecule has 0 spiro atoms. The average molecular weight is 276 g/mol. The first-order valence-corrected chi connectivity index (χ1v) is 5.31. The smallest absolute Gasteiger partial charge is 0.326 e. The molecular formula is C10H16N2O7. The lowest BCUT2D eigenvalue weighted by Gasteiger charge is -2.20. The lowest BCUT2D eigenvalue weighted by Crippen LogP contribution is -2.48. The number of ether oxygens (including phenoxy) is 1. The van der Waals surface area contributed by atoms with Crippen molar-refractivity contribution >= 4 is 23.9 Å². The number of carboxylic acids is 2. The Balaban J connectivity index is 4.35. The molecule has 0 rings (SSSR count). The van der Waals surface area contributed by atoms with Crippen LogP contribution in [0, 0.1) is 0 Å². The molecule has 0 fully saturated rings. The van der Waals surface area contributed by atoms with E-state index in [2.05, 4.69) is 4.74 Å². The second-order valence-electron chi connectivity index (χ2n) is 3.69. The number of nitrogens with one attached hydrogen (secondary N) is 1. The number of aliphatic carboxylic acids is 2. The Morgan fingerprint density at radius 2 is 1.84 bits per heavy atom. The molecule has 0 aromatic heterocycles. The third kappa shape index (κ3) is 6.86. The average Bonchev–Trinajstić information content (AvgIpc) is 2.33. The van der Waals surface area contributed by atoms with E-state index in [-0.39, 0.29) is 13.0 Å². The van der Waals surface area contributed by atoms with Crippen LogP contribution in [0.25, 0.3) is 0 Å². The molecule has 1 atom stereocenters. The van der Waals surface area contributed by atoms with Crippen molar-refractivity contribution in [3.05, 3.63) is 0 Å². The molecule has 2 amide bonds. The standard InChI is InChI=1S/C10H16N2O7/c1-12(4-3-8(15)19-2)10(18)11-6(9(16)17)5-7(13)14/h6H,3-5H2,1-2H3,(H,11,18)(H,13,14)(H,16,17). The SMILES string of the molecule is COC(=O)CCN(C)C(=O)NC(CC(=O)O)C(=O)O. The van der Waals surface area contributed by atoms with Crippen molar-refractivity contribution in [2.45, 2.75) is 18.9 Å². The Hall–Kier alpha value is -2.32. The number of carbonyl (C=O) groups is 4. The fourth-order valence-electron chi connectivity index (χ4n) is 1.10. The Labute approximate surface area is 109 Å². The predicted octanol–water partition coefficient (Wildman–Crippen LogP) is -0.881. The molecule has 0 aliphatic carbocycles. The van der Waals surface area contributed by atoms with Crippen molar-refractivity contribution < 1.29 is 34.1 Å². The highest BCUT2D eigenvalue weighted by Gasteiger charge is 2.24. The third-order valence-electron chi connectivity index (χ3n) is 2.20. The van der Waals surface area contributed by atoms with Gasteiger partial charge in [0.25, 0.3) is 0 Å². The summed E-state index contributed by atoms with van der Waals surface area (Å²) in [5.74, 6) is -3.30. The molecule has 9 nitrogen and oxygen atoms in total. The number of urea groups is 1. The molecule has 3 N–H and O–H groups in total. The molecule has 0 heterocycles. The summed E-state index contributed by atoms with van der Waals surface area (Å²) in [5, 5.41) is 19.3. The molecule has 9 heteroatoms. The van der Waals surface area contributed by atoms with E-state index < -0.39 is 36.4 Å². The number of hydrogen-bond donors (Lipinski definition) is 3. The molecule has 0 saturated carbocycles. The van der Waals surface area contributed by atoms with Crippen LogP contribution in [0.2, 0.25) is 0 Å². The van der Waals surface area contributed by atoms with E-state index in [0.29, 0.717) is 0 Å². The molecule has 1 unspecified atom stereocenters. The van der Waals surface area contributed by atoms with Crippen molar-refractivity contribution in [1.29, 1.82) is 0 Å². The zero-order chi connectivity index (χ0) is 15.0. The van der Waals surface area contributed by atoms with Gasteiger partial charge in [0.2, 0.25) is 0 Å². The Morgan fingerprint density at radius 3 is 2.26 bits per heavy atom. The molecule has 19 heavy (non-hydrogen) atoms. The predicted molar refractivity (Wildman–Crippen MR) is 61.5 cm³/mol. The van der Waals surface area contributed by atoms with Gasteiger partial charge in [0.15, 0.2) is 0 Å². The molecule has 0 saturated heterocycles. The van der Waals surface area contributed by atoms with Gasteiger partial charge >= 0.3 is 23.9 Å². The number of carboxylic acid groups (broad SMARTS) is 2. The number of amides is 2. The lowest BCUT2D eigenvalue weighted by atomic mass is 10.2. The van der Waals surface area contributed by atoms with Gasteiger partial charge in [-0.25, -0.2) is 9.59 Å². The topological polar surface area (TPSA) is 133 Å². The summed E-state index contributed by atoms with van der Waals surface area (Å²) >= 11 is 0. The maximum atomic E-state index is 11.5. The van der Waals surface area contributed by atoms with Crippen LogP contribution in [0.5, 0.6) is 0 Å². The molecule has 0 aromatic rings. The lowest BCUT2D eigenvalue weighted by molar-refractivity contribution is -0.145. The number of carbonyl (C=O) groups excluding carboxylic acids is 2. The van der Waals surface area contributed by atoms with E-state index in [1.54, 1.807) is 0 Å². The quantitative estimate of drug-likeness (QED) is 0.514. The maximum absolute atomic E-state index is 11.5. The van der Waals surface area contributed by atoms with E-state index in [1.165, 1.54) is 14.2 Å². The summed E-state index contributed by atoms with van der Waals surface area (Å²) in [5.41, 5.74) is 0. The van der Waals surface area contributed by atoms with Crippen LogP contribution >= 0.6 is 0 Å². The van der Waals surface area contributed by atoms with Gasteiger partial charge in [0.05, 0.1) is 20.0 Å². The van der Waals surface area contributed by atoms with Gasteiger partial charge in [-0.2, -0.15) is 0 Å². The van der Waals surface area contributed by atoms with Gasteiger partial charge in [-0.05, 0) is 0 Å². The van der Waals surface area contributed by atoms with Crippen LogP contribution in [-0.4, -0.2) is 65.8 Å². The van der Waals surface area contributed by atoms with Crippen molar-refractivity contribution in [1.82, 2.24) is 10.2 Å². The number of hydrogen-bond acceptors (Lipinski definition) is 5. The summed E-state index contributed by atoms with van der Waals surface area (Å²) in [7, 11) is 2.55. The monoisotopic (exact) mass is 276 g/mol. The largest absolute Gasteiger partial charge is 0.481 e. The van der Waals surface area contributed by atoms with Crippen LogP contribution < -0.4 is 5.32 Å². The molecule has 0 aliphatic heterocycles. The highest BCUT2D eigenvalue weighted by Crippen LogP contribution is 1.97. The van der Waals surface area contributed by atoms with Gasteiger partial charge in [0, 0.05) is 13.6 Å². The molecular weight excluding hydrogens is 260 g/mol. The summed E-state index contributed by atoms with van der Waals surface area (Å²) < 4.78 is 4.38. The summed E-state index contributed by atoms with van der Waals surface area (Å²) in [6.07, 6.45) is -0.775. The minimum Gasteiger partial charge on any atom is -0.481 e. The van der Waals surface area contributed by atoms with Crippen LogP contribution in [0.3, 0.4) is 0 Å². The van der Waals surface area contributed by atoms with E-state index in [4.69, 9.17) is 10.2 Å². The maximum Gasteiger partial charge on any atom is 0.326 e. The molecule has 0 bridgehead atoms. The van der Waals surface area contributed by atoms with E-state index in [0.717, 1.165) is 4.90 Å². The van der Waals surface area contributed by atoms with Crippen LogP contribution in [0.1, 0.15) is 12.8 Å². The zero-order valence-electron chi connectivity index (χ0n) is 10.6. The number of nitrogens with zero attached hydrogens (tertiary/aromatic N) is 1. The fourth-order valence-corrected chi connectivity index (χ4v) is 1.10. The second kappa shape index (κ2) is 7.90. The van der Waals surface area contributed by atoms with E-state index >= 15 is 0 Å². The Bertz CT molecular complexity index is 369. The third-order valence-corrected chi connectivity index (χ3v) is 2.20. The molecule has 0 aliphatic rings.